The number of sulfone groups is 1. The average Bonchev–Trinajstić information content (AvgIpc) is 2.45. The smallest absolute Gasteiger partial charge is 0.251 e. The second-order valence-corrected chi connectivity index (χ2v) is 7.45. The summed E-state index contributed by atoms with van der Waals surface area (Å²) in [6.45, 7) is 0.296. The summed E-state index contributed by atoms with van der Waals surface area (Å²) in [5, 5.41) is 3.55. The summed E-state index contributed by atoms with van der Waals surface area (Å²) in [5.74, 6) is -0.502. The number of hydrogen-bond acceptors (Lipinski definition) is 4. The van der Waals surface area contributed by atoms with E-state index >= 15 is 0 Å². The number of hydrogen-bond donors (Lipinski definition) is 2. The van der Waals surface area contributed by atoms with Crippen molar-refractivity contribution < 1.29 is 13.2 Å². The highest BCUT2D eigenvalue weighted by molar-refractivity contribution is 7.90. The third-order valence-corrected chi connectivity index (χ3v) is 4.19. The summed E-state index contributed by atoms with van der Waals surface area (Å²) in [6.07, 6.45) is 1.42. The lowest BCUT2D eigenvalue weighted by Crippen LogP contribution is -2.28. The van der Waals surface area contributed by atoms with Gasteiger partial charge >= 0.3 is 0 Å². The first-order valence-electron chi connectivity index (χ1n) is 6.90. The van der Waals surface area contributed by atoms with Crippen LogP contribution in [0.5, 0.6) is 0 Å². The van der Waals surface area contributed by atoms with E-state index < -0.39 is 9.84 Å². The Morgan fingerprint density at radius 2 is 2.00 bits per heavy atom. The molecule has 0 radical (unpaired) electrons. The number of pyridine rings is 1. The molecule has 0 fully saturated rings. The molecule has 1 aromatic heterocycles. The Hall–Kier alpha value is -2.15. The number of aromatic nitrogens is 1. The van der Waals surface area contributed by atoms with E-state index in [0.29, 0.717) is 18.5 Å². The van der Waals surface area contributed by atoms with E-state index in [1.807, 2.05) is 24.3 Å². The van der Waals surface area contributed by atoms with Gasteiger partial charge in [-0.25, -0.2) is 8.42 Å². The molecule has 0 atom stereocenters. The molecule has 0 saturated carbocycles. The molecule has 22 heavy (non-hydrogen) atoms. The Morgan fingerprint density at radius 3 is 2.73 bits per heavy atom. The van der Waals surface area contributed by atoms with Crippen LogP contribution in [0.1, 0.15) is 12.0 Å². The van der Waals surface area contributed by atoms with Crippen LogP contribution in [0.3, 0.4) is 0 Å². The summed E-state index contributed by atoms with van der Waals surface area (Å²) in [7, 11) is -3.14. The maximum atomic E-state index is 11.9. The predicted octanol–water partition coefficient (Wildman–Crippen LogP) is 0.621. The number of benzene rings is 1. The SMILES string of the molecule is CS(=O)(=O)CCC(=O)NCCc1cc2ccccc2[nH]c1=O. The number of para-hydroxylation sites is 1. The normalized spacial score (nSPS) is 11.5. The molecule has 7 heteroatoms. The van der Waals surface area contributed by atoms with E-state index in [-0.39, 0.29) is 23.6 Å². The van der Waals surface area contributed by atoms with Gasteiger partial charge < -0.3 is 10.3 Å². The molecule has 0 aliphatic carbocycles. The fourth-order valence-corrected chi connectivity index (χ4v) is 2.64. The van der Waals surface area contributed by atoms with Crippen LogP contribution >= 0.6 is 0 Å². The molecule has 0 bridgehead atoms. The van der Waals surface area contributed by atoms with Crippen LogP contribution in [0.4, 0.5) is 0 Å². The highest BCUT2D eigenvalue weighted by Crippen LogP contribution is 2.10. The quantitative estimate of drug-likeness (QED) is 0.815. The zero-order valence-corrected chi connectivity index (χ0v) is 13.1. The van der Waals surface area contributed by atoms with Crippen molar-refractivity contribution >= 4 is 26.6 Å². The standard InChI is InChI=1S/C15H18N2O4S/c1-22(20,21)9-7-14(18)16-8-6-12-10-11-4-2-3-5-13(11)17-15(12)19/h2-5,10H,6-9H2,1H3,(H,16,18)(H,17,19). The average molecular weight is 322 g/mol. The van der Waals surface area contributed by atoms with Crippen LogP contribution in [-0.4, -0.2) is 37.9 Å². The number of carbonyl (C=O) groups excluding carboxylic acids is 1. The second-order valence-electron chi connectivity index (χ2n) is 5.19. The molecule has 118 valence electrons. The van der Waals surface area contributed by atoms with Gasteiger partial charge in [-0.2, -0.15) is 0 Å². The lowest BCUT2D eigenvalue weighted by molar-refractivity contribution is -0.120. The van der Waals surface area contributed by atoms with Gasteiger partial charge in [-0.05, 0) is 23.9 Å². The van der Waals surface area contributed by atoms with E-state index in [9.17, 15) is 18.0 Å². The molecule has 1 amide bonds. The zero-order chi connectivity index (χ0) is 16.2. The van der Waals surface area contributed by atoms with Crippen LogP contribution in [0.15, 0.2) is 35.1 Å². The summed E-state index contributed by atoms with van der Waals surface area (Å²) in [5.41, 5.74) is 1.18. The molecule has 0 aliphatic heterocycles. The minimum absolute atomic E-state index is 0.0626. The topological polar surface area (TPSA) is 96.1 Å². The number of nitrogens with one attached hydrogen (secondary N) is 2. The molecule has 6 nitrogen and oxygen atoms in total. The Labute approximate surface area is 128 Å². The zero-order valence-electron chi connectivity index (χ0n) is 12.3. The molecule has 2 rings (SSSR count). The molecule has 0 aliphatic rings. The van der Waals surface area contributed by atoms with Crippen LogP contribution in [0.25, 0.3) is 10.9 Å². The lowest BCUT2D eigenvalue weighted by Gasteiger charge is -2.06. The summed E-state index contributed by atoms with van der Waals surface area (Å²) < 4.78 is 21.9. The summed E-state index contributed by atoms with van der Waals surface area (Å²) in [4.78, 5) is 26.2. The van der Waals surface area contributed by atoms with Gasteiger partial charge in [0.15, 0.2) is 0 Å². The van der Waals surface area contributed by atoms with Gasteiger partial charge in [-0.15, -0.1) is 0 Å². The molecular formula is C15H18N2O4S. The summed E-state index contributed by atoms with van der Waals surface area (Å²) >= 11 is 0. The number of aromatic amines is 1. The van der Waals surface area contributed by atoms with Crippen molar-refractivity contribution in [2.45, 2.75) is 12.8 Å². The van der Waals surface area contributed by atoms with Crippen molar-refractivity contribution in [3.63, 3.8) is 0 Å². The first-order chi connectivity index (χ1) is 10.3. The van der Waals surface area contributed by atoms with E-state index in [1.165, 1.54) is 0 Å². The van der Waals surface area contributed by atoms with Gasteiger partial charge in [0, 0.05) is 30.3 Å². The lowest BCUT2D eigenvalue weighted by atomic mass is 10.1. The van der Waals surface area contributed by atoms with E-state index in [1.54, 1.807) is 6.07 Å². The van der Waals surface area contributed by atoms with E-state index in [4.69, 9.17) is 0 Å². The van der Waals surface area contributed by atoms with Gasteiger partial charge in [-0.3, -0.25) is 9.59 Å². The first kappa shape index (κ1) is 16.2. The number of H-pyrrole nitrogens is 1. The Morgan fingerprint density at radius 1 is 1.27 bits per heavy atom. The van der Waals surface area contributed by atoms with Gasteiger partial charge in [0.2, 0.25) is 5.91 Å². The van der Waals surface area contributed by atoms with Crippen molar-refractivity contribution in [2.75, 3.05) is 18.6 Å². The van der Waals surface area contributed by atoms with Crippen LogP contribution in [-0.2, 0) is 21.1 Å². The monoisotopic (exact) mass is 322 g/mol. The van der Waals surface area contributed by atoms with Crippen LogP contribution < -0.4 is 10.9 Å². The second kappa shape index (κ2) is 6.74. The molecule has 2 aromatic rings. The molecule has 0 spiro atoms. The Bertz CT molecular complexity index is 840. The molecule has 0 saturated heterocycles. The number of rotatable bonds is 6. The fourth-order valence-electron chi connectivity index (χ4n) is 2.08. The minimum Gasteiger partial charge on any atom is -0.356 e. The summed E-state index contributed by atoms with van der Waals surface area (Å²) in [6, 6.07) is 9.26. The van der Waals surface area contributed by atoms with Crippen molar-refractivity contribution in [3.8, 4) is 0 Å². The number of fused-ring (bicyclic) bond motifs is 1. The van der Waals surface area contributed by atoms with Gasteiger partial charge in [0.25, 0.3) is 5.56 Å². The first-order valence-corrected chi connectivity index (χ1v) is 8.96. The highest BCUT2D eigenvalue weighted by atomic mass is 32.2. The fraction of sp³-hybridized carbons (Fsp3) is 0.333. The van der Waals surface area contributed by atoms with Crippen molar-refractivity contribution in [2.24, 2.45) is 0 Å². The molecule has 0 unspecified atom stereocenters. The van der Waals surface area contributed by atoms with Crippen molar-refractivity contribution in [3.05, 3.63) is 46.2 Å². The maximum absolute atomic E-state index is 11.9. The molecule has 1 heterocycles. The van der Waals surface area contributed by atoms with Crippen molar-refractivity contribution in [1.29, 1.82) is 0 Å². The third kappa shape index (κ3) is 4.70. The Kier molecular flexibility index (Phi) is 4.97. The number of carbonyl (C=O) groups is 1. The van der Waals surface area contributed by atoms with E-state index in [2.05, 4.69) is 10.3 Å². The third-order valence-electron chi connectivity index (χ3n) is 3.25. The molecule has 2 N–H and O–H groups in total. The van der Waals surface area contributed by atoms with Crippen LogP contribution in [0.2, 0.25) is 0 Å². The molecule has 1 aromatic carbocycles. The largest absolute Gasteiger partial charge is 0.356 e. The predicted molar refractivity (Wildman–Crippen MR) is 85.6 cm³/mol. The highest BCUT2D eigenvalue weighted by Gasteiger charge is 2.08. The van der Waals surface area contributed by atoms with Gasteiger partial charge in [0.05, 0.1) is 5.75 Å². The van der Waals surface area contributed by atoms with Gasteiger partial charge in [0.1, 0.15) is 9.84 Å². The Balaban J connectivity index is 1.93. The minimum atomic E-state index is -3.14. The van der Waals surface area contributed by atoms with Gasteiger partial charge in [-0.1, -0.05) is 18.2 Å². The van der Waals surface area contributed by atoms with Crippen molar-refractivity contribution in [1.82, 2.24) is 10.3 Å². The molecular weight excluding hydrogens is 304 g/mol. The van der Waals surface area contributed by atoms with Crippen LogP contribution in [0, 0.1) is 0 Å². The maximum Gasteiger partial charge on any atom is 0.251 e. The number of amides is 1. The van der Waals surface area contributed by atoms with E-state index in [0.717, 1.165) is 17.2 Å².